The Morgan fingerprint density at radius 2 is 1.96 bits per heavy atom. The van der Waals surface area contributed by atoms with Gasteiger partial charge in [0.05, 0.1) is 16.8 Å². The average Bonchev–Trinajstić information content (AvgIpc) is 2.67. The highest BCUT2D eigenvalue weighted by Crippen LogP contribution is 2.25. The van der Waals surface area contributed by atoms with E-state index in [-0.39, 0.29) is 18.6 Å². The maximum absolute atomic E-state index is 12.7. The van der Waals surface area contributed by atoms with E-state index in [1.165, 1.54) is 6.42 Å². The molecule has 0 radical (unpaired) electrons. The quantitative estimate of drug-likeness (QED) is 0.811. The molecule has 0 saturated heterocycles. The van der Waals surface area contributed by atoms with Crippen molar-refractivity contribution in [1.29, 1.82) is 0 Å². The normalized spacial score (nSPS) is 19.7. The molecule has 1 amide bonds. The molecule has 1 N–H and O–H groups in total. The zero-order chi connectivity index (χ0) is 19.4. The Kier molecular flexibility index (Phi) is 6.09. The molecule has 1 aromatic heterocycles. The summed E-state index contributed by atoms with van der Waals surface area (Å²) in [5, 5.41) is 3.95. The Morgan fingerprint density at radius 3 is 2.70 bits per heavy atom. The number of rotatable bonds is 5. The number of hydrogen-bond acceptors (Lipinski definition) is 4. The smallest absolute Gasteiger partial charge is 0.340 e. The number of amides is 1. The Morgan fingerprint density at radius 1 is 1.22 bits per heavy atom. The van der Waals surface area contributed by atoms with Crippen LogP contribution in [0.3, 0.4) is 0 Å². The molecule has 1 fully saturated rings. The highest BCUT2D eigenvalue weighted by molar-refractivity contribution is 5.99. The van der Waals surface area contributed by atoms with Gasteiger partial charge in [-0.1, -0.05) is 44.9 Å². The van der Waals surface area contributed by atoms with Crippen LogP contribution in [0.25, 0.3) is 10.9 Å². The Balaban J connectivity index is 1.70. The van der Waals surface area contributed by atoms with E-state index in [9.17, 15) is 9.59 Å². The second-order valence-electron chi connectivity index (χ2n) is 7.44. The fraction of sp³-hybridized carbons (Fsp3) is 0.500. The van der Waals surface area contributed by atoms with Crippen LogP contribution in [0.2, 0.25) is 0 Å². The van der Waals surface area contributed by atoms with Crippen LogP contribution in [0.5, 0.6) is 0 Å². The van der Waals surface area contributed by atoms with Gasteiger partial charge in [0, 0.05) is 11.4 Å². The van der Waals surface area contributed by atoms with Crippen molar-refractivity contribution >= 4 is 22.8 Å². The lowest BCUT2D eigenvalue weighted by atomic mass is 9.86. The standard InChI is InChI=1S/C22H28N2O3/c1-4-17-21(15(3)16-10-6-8-12-19(16)23-17)22(26)27-13-20(25)24-18-11-7-5-9-14(18)2/h6,8,10,12,14,18H,4-5,7,9,11,13H2,1-3H3,(H,24,25)/t14-,18+/m0/s1. The summed E-state index contributed by atoms with van der Waals surface area (Å²) >= 11 is 0. The van der Waals surface area contributed by atoms with E-state index in [0.717, 1.165) is 35.7 Å². The summed E-state index contributed by atoms with van der Waals surface area (Å²) in [5.41, 5.74) is 2.91. The third kappa shape index (κ3) is 4.29. The molecule has 5 nitrogen and oxygen atoms in total. The number of nitrogens with zero attached hydrogens (tertiary/aromatic N) is 1. The van der Waals surface area contributed by atoms with Gasteiger partial charge in [-0.05, 0) is 43.7 Å². The van der Waals surface area contributed by atoms with Crippen molar-refractivity contribution in [3.8, 4) is 0 Å². The first-order valence-corrected chi connectivity index (χ1v) is 9.86. The van der Waals surface area contributed by atoms with Gasteiger partial charge in [-0.2, -0.15) is 0 Å². The molecule has 3 rings (SSSR count). The van der Waals surface area contributed by atoms with Crippen LogP contribution in [0.4, 0.5) is 0 Å². The van der Waals surface area contributed by atoms with Gasteiger partial charge in [-0.3, -0.25) is 9.78 Å². The van der Waals surface area contributed by atoms with Crippen molar-refractivity contribution in [1.82, 2.24) is 10.3 Å². The molecule has 1 aliphatic carbocycles. The Labute approximate surface area is 160 Å². The second kappa shape index (κ2) is 8.51. The number of benzene rings is 1. The number of para-hydroxylation sites is 1. The van der Waals surface area contributed by atoms with E-state index < -0.39 is 5.97 Å². The number of aryl methyl sites for hydroxylation is 2. The molecule has 1 aliphatic rings. The summed E-state index contributed by atoms with van der Waals surface area (Å²) in [6, 6.07) is 7.93. The fourth-order valence-corrected chi connectivity index (χ4v) is 3.95. The van der Waals surface area contributed by atoms with E-state index in [4.69, 9.17) is 4.74 Å². The monoisotopic (exact) mass is 368 g/mol. The van der Waals surface area contributed by atoms with E-state index in [2.05, 4.69) is 17.2 Å². The average molecular weight is 368 g/mol. The Hall–Kier alpha value is -2.43. The van der Waals surface area contributed by atoms with E-state index >= 15 is 0 Å². The molecular weight excluding hydrogens is 340 g/mol. The van der Waals surface area contributed by atoms with Gasteiger partial charge < -0.3 is 10.1 Å². The van der Waals surface area contributed by atoms with Crippen molar-refractivity contribution < 1.29 is 14.3 Å². The maximum Gasteiger partial charge on any atom is 0.340 e. The second-order valence-corrected chi connectivity index (χ2v) is 7.44. The number of fused-ring (bicyclic) bond motifs is 1. The Bertz CT molecular complexity index is 847. The molecule has 1 heterocycles. The van der Waals surface area contributed by atoms with Crippen molar-refractivity contribution in [2.24, 2.45) is 5.92 Å². The first-order chi connectivity index (χ1) is 13.0. The fourth-order valence-electron chi connectivity index (χ4n) is 3.95. The minimum absolute atomic E-state index is 0.181. The van der Waals surface area contributed by atoms with Crippen LogP contribution in [0.1, 0.15) is 61.1 Å². The molecule has 27 heavy (non-hydrogen) atoms. The zero-order valence-electron chi connectivity index (χ0n) is 16.4. The number of ether oxygens (including phenoxy) is 1. The van der Waals surface area contributed by atoms with Gasteiger partial charge in [0.1, 0.15) is 0 Å². The van der Waals surface area contributed by atoms with E-state index in [1.54, 1.807) is 0 Å². The predicted molar refractivity (Wildman–Crippen MR) is 106 cm³/mol. The van der Waals surface area contributed by atoms with Gasteiger partial charge in [-0.15, -0.1) is 0 Å². The van der Waals surface area contributed by atoms with Crippen LogP contribution in [0, 0.1) is 12.8 Å². The summed E-state index contributed by atoms with van der Waals surface area (Å²) in [6.07, 6.45) is 5.11. The highest BCUT2D eigenvalue weighted by Gasteiger charge is 2.24. The molecule has 0 bridgehead atoms. The lowest BCUT2D eigenvalue weighted by Crippen LogP contribution is -2.42. The molecular formula is C22H28N2O3. The van der Waals surface area contributed by atoms with Crippen LogP contribution < -0.4 is 5.32 Å². The number of nitrogens with one attached hydrogen (secondary N) is 1. The summed E-state index contributed by atoms with van der Waals surface area (Å²) in [7, 11) is 0. The number of esters is 1. The number of hydrogen-bond donors (Lipinski definition) is 1. The number of aromatic nitrogens is 1. The van der Waals surface area contributed by atoms with Crippen LogP contribution in [-0.4, -0.2) is 29.5 Å². The molecule has 1 saturated carbocycles. The maximum atomic E-state index is 12.7. The predicted octanol–water partition coefficient (Wildman–Crippen LogP) is 3.96. The van der Waals surface area contributed by atoms with Gasteiger partial charge in [-0.25, -0.2) is 4.79 Å². The van der Waals surface area contributed by atoms with Gasteiger partial charge in [0.25, 0.3) is 5.91 Å². The zero-order valence-corrected chi connectivity index (χ0v) is 16.4. The van der Waals surface area contributed by atoms with Crippen LogP contribution in [0.15, 0.2) is 24.3 Å². The van der Waals surface area contributed by atoms with E-state index in [0.29, 0.717) is 23.6 Å². The van der Waals surface area contributed by atoms with E-state index in [1.807, 2.05) is 38.1 Å². The third-order valence-corrected chi connectivity index (χ3v) is 5.56. The molecule has 1 aromatic carbocycles. The highest BCUT2D eigenvalue weighted by atomic mass is 16.5. The van der Waals surface area contributed by atoms with Gasteiger partial charge in [0.2, 0.25) is 0 Å². The topological polar surface area (TPSA) is 68.3 Å². The van der Waals surface area contributed by atoms with Gasteiger partial charge >= 0.3 is 5.97 Å². The first kappa shape index (κ1) is 19.3. The van der Waals surface area contributed by atoms with Crippen LogP contribution >= 0.6 is 0 Å². The van der Waals surface area contributed by atoms with Crippen LogP contribution in [-0.2, 0) is 16.0 Å². The third-order valence-electron chi connectivity index (χ3n) is 5.56. The summed E-state index contributed by atoms with van der Waals surface area (Å²) in [5.74, 6) is -0.238. The largest absolute Gasteiger partial charge is 0.452 e. The van der Waals surface area contributed by atoms with Gasteiger partial charge in [0.15, 0.2) is 6.61 Å². The molecule has 2 atom stereocenters. The molecule has 2 aromatic rings. The van der Waals surface area contributed by atoms with Crippen molar-refractivity contribution in [3.63, 3.8) is 0 Å². The molecule has 0 aliphatic heterocycles. The SMILES string of the molecule is CCc1nc2ccccc2c(C)c1C(=O)OCC(=O)N[C@@H]1CCCC[C@@H]1C. The summed E-state index contributed by atoms with van der Waals surface area (Å²) < 4.78 is 5.35. The minimum atomic E-state index is -0.477. The lowest BCUT2D eigenvalue weighted by Gasteiger charge is -2.29. The summed E-state index contributed by atoms with van der Waals surface area (Å²) in [6.45, 7) is 5.78. The molecule has 144 valence electrons. The van der Waals surface area contributed by atoms with Crippen molar-refractivity contribution in [3.05, 3.63) is 41.1 Å². The summed E-state index contributed by atoms with van der Waals surface area (Å²) in [4.78, 5) is 29.6. The van der Waals surface area contributed by atoms with Crippen molar-refractivity contribution in [2.45, 2.75) is 58.9 Å². The number of pyridine rings is 1. The van der Waals surface area contributed by atoms with Crippen molar-refractivity contribution in [2.75, 3.05) is 6.61 Å². The molecule has 0 spiro atoms. The first-order valence-electron chi connectivity index (χ1n) is 9.86. The molecule has 5 heteroatoms. The lowest BCUT2D eigenvalue weighted by molar-refractivity contribution is -0.125. The number of carbonyl (C=O) groups is 2. The number of carbonyl (C=O) groups excluding carboxylic acids is 2. The minimum Gasteiger partial charge on any atom is -0.452 e. The molecule has 0 unspecified atom stereocenters.